The second-order valence-corrected chi connectivity index (χ2v) is 8.71. The van der Waals surface area contributed by atoms with Crippen LogP contribution in [-0.4, -0.2) is 21.1 Å². The Morgan fingerprint density at radius 1 is 0.939 bits per heavy atom. The number of nitrogens with one attached hydrogen (secondary N) is 1. The highest BCUT2D eigenvalue weighted by molar-refractivity contribution is 6.31. The van der Waals surface area contributed by atoms with Crippen LogP contribution in [0.2, 0.25) is 5.02 Å². The normalized spacial score (nSPS) is 13.2. The van der Waals surface area contributed by atoms with E-state index in [2.05, 4.69) is 5.32 Å². The number of fused-ring (bicyclic) bond motifs is 1. The number of carbonyl (C=O) groups excluding carboxylic acids is 1. The van der Waals surface area contributed by atoms with Crippen molar-refractivity contribution < 1.29 is 4.79 Å². The predicted octanol–water partition coefficient (Wildman–Crippen LogP) is 3.68. The molecule has 1 heterocycles. The second-order valence-electron chi connectivity index (χ2n) is 8.30. The third-order valence-corrected chi connectivity index (χ3v) is 6.21. The van der Waals surface area contributed by atoms with Gasteiger partial charge in [0.25, 0.3) is 5.56 Å². The number of hydrogen-bond donors (Lipinski definition) is 1. The number of carbonyl (C=O) groups is 1. The molecule has 1 aromatic heterocycles. The number of halogens is 1. The molecule has 0 spiro atoms. The molecule has 1 aliphatic rings. The van der Waals surface area contributed by atoms with Crippen LogP contribution >= 0.6 is 11.6 Å². The molecular weight excluding hydrogens is 438 g/mol. The number of amides is 1. The quantitative estimate of drug-likeness (QED) is 0.478. The molecule has 1 saturated carbocycles. The van der Waals surface area contributed by atoms with Crippen molar-refractivity contribution in [1.29, 1.82) is 0 Å². The fraction of sp³-hybridized carbons (Fsp3) is 0.192. The molecule has 1 aliphatic carbocycles. The zero-order chi connectivity index (χ0) is 22.9. The first-order valence-electron chi connectivity index (χ1n) is 10.9. The third-order valence-electron chi connectivity index (χ3n) is 5.84. The highest BCUT2D eigenvalue weighted by atomic mass is 35.5. The smallest absolute Gasteiger partial charge is 0.336 e. The Kier molecular flexibility index (Phi) is 5.60. The minimum absolute atomic E-state index is 0.0183. The van der Waals surface area contributed by atoms with Crippen molar-refractivity contribution in [2.75, 3.05) is 0 Å². The van der Waals surface area contributed by atoms with Crippen LogP contribution in [0.3, 0.4) is 0 Å². The molecule has 0 radical (unpaired) electrons. The highest BCUT2D eigenvalue weighted by Gasteiger charge is 2.23. The SMILES string of the molecule is O=C(Cc1ccc(-n2c(=O)c3ccccc3n(Cc3ccccc3Cl)c2=O)cc1)NC1CC1. The van der Waals surface area contributed by atoms with Gasteiger partial charge in [-0.3, -0.25) is 14.2 Å². The summed E-state index contributed by atoms with van der Waals surface area (Å²) in [7, 11) is 0. The molecule has 5 rings (SSSR count). The van der Waals surface area contributed by atoms with Gasteiger partial charge in [-0.15, -0.1) is 0 Å². The Morgan fingerprint density at radius 2 is 1.64 bits per heavy atom. The largest absolute Gasteiger partial charge is 0.353 e. The van der Waals surface area contributed by atoms with Gasteiger partial charge in [0, 0.05) is 11.1 Å². The zero-order valence-electron chi connectivity index (χ0n) is 17.8. The van der Waals surface area contributed by atoms with Crippen LogP contribution in [0.4, 0.5) is 0 Å². The van der Waals surface area contributed by atoms with Crippen LogP contribution < -0.4 is 16.6 Å². The van der Waals surface area contributed by atoms with Crippen molar-refractivity contribution in [3.05, 3.63) is 110 Å². The van der Waals surface area contributed by atoms with Crippen molar-refractivity contribution in [3.8, 4) is 5.69 Å². The van der Waals surface area contributed by atoms with Crippen LogP contribution in [0.25, 0.3) is 16.6 Å². The summed E-state index contributed by atoms with van der Waals surface area (Å²) >= 11 is 6.34. The van der Waals surface area contributed by atoms with E-state index in [-0.39, 0.29) is 24.4 Å². The van der Waals surface area contributed by atoms with Crippen molar-refractivity contribution >= 4 is 28.4 Å². The average molecular weight is 460 g/mol. The second kappa shape index (κ2) is 8.71. The maximum atomic E-state index is 13.5. The molecule has 0 saturated heterocycles. The minimum atomic E-state index is -0.446. The Hall–Kier alpha value is -3.64. The van der Waals surface area contributed by atoms with E-state index < -0.39 is 5.69 Å². The van der Waals surface area contributed by atoms with E-state index in [1.165, 1.54) is 4.57 Å². The first kappa shape index (κ1) is 21.2. The molecular formula is C26H22ClN3O3. The zero-order valence-corrected chi connectivity index (χ0v) is 18.6. The number of nitrogens with zero attached hydrogens (tertiary/aromatic N) is 2. The minimum Gasteiger partial charge on any atom is -0.353 e. The predicted molar refractivity (Wildman–Crippen MR) is 129 cm³/mol. The molecule has 7 heteroatoms. The topological polar surface area (TPSA) is 73.1 Å². The maximum absolute atomic E-state index is 13.5. The summed E-state index contributed by atoms with van der Waals surface area (Å²) in [4.78, 5) is 38.9. The van der Waals surface area contributed by atoms with Gasteiger partial charge in [-0.05, 0) is 54.3 Å². The number of para-hydroxylation sites is 1. The van der Waals surface area contributed by atoms with Gasteiger partial charge in [-0.1, -0.05) is 54.1 Å². The summed E-state index contributed by atoms with van der Waals surface area (Å²) in [5, 5.41) is 3.96. The molecule has 0 atom stereocenters. The molecule has 0 unspecified atom stereocenters. The molecule has 166 valence electrons. The summed E-state index contributed by atoms with van der Waals surface area (Å²) in [5.74, 6) is -0.0183. The van der Waals surface area contributed by atoms with E-state index in [1.807, 2.05) is 18.2 Å². The third kappa shape index (κ3) is 4.34. The monoisotopic (exact) mass is 459 g/mol. The Balaban J connectivity index is 1.57. The molecule has 1 N–H and O–H groups in total. The molecule has 1 amide bonds. The molecule has 0 aliphatic heterocycles. The van der Waals surface area contributed by atoms with Crippen LogP contribution in [-0.2, 0) is 17.8 Å². The lowest BCUT2D eigenvalue weighted by molar-refractivity contribution is -0.120. The summed E-state index contributed by atoms with van der Waals surface area (Å²) in [5.41, 5.74) is 1.78. The fourth-order valence-electron chi connectivity index (χ4n) is 3.95. The maximum Gasteiger partial charge on any atom is 0.336 e. The standard InChI is InChI=1S/C26H22ClN3O3/c27-22-7-3-1-5-18(22)16-29-23-8-4-2-6-21(23)25(32)30(26(29)33)20-13-9-17(10-14-20)15-24(31)28-19-11-12-19/h1-10,13-14,19H,11-12,15-16H2,(H,28,31). The summed E-state index contributed by atoms with van der Waals surface area (Å²) in [6.45, 7) is 0.235. The molecule has 4 aromatic rings. The lowest BCUT2D eigenvalue weighted by atomic mass is 10.1. The summed E-state index contributed by atoms with van der Waals surface area (Å²) < 4.78 is 2.74. The Bertz CT molecular complexity index is 1470. The van der Waals surface area contributed by atoms with Crippen LogP contribution in [0.5, 0.6) is 0 Å². The van der Waals surface area contributed by atoms with Crippen LogP contribution in [0, 0.1) is 0 Å². The van der Waals surface area contributed by atoms with E-state index in [9.17, 15) is 14.4 Å². The Labute approximate surface area is 195 Å². The van der Waals surface area contributed by atoms with Gasteiger partial charge in [0.15, 0.2) is 0 Å². The van der Waals surface area contributed by atoms with E-state index >= 15 is 0 Å². The van der Waals surface area contributed by atoms with Crippen LogP contribution in [0.1, 0.15) is 24.0 Å². The van der Waals surface area contributed by atoms with Gasteiger partial charge in [-0.25, -0.2) is 9.36 Å². The van der Waals surface area contributed by atoms with E-state index in [4.69, 9.17) is 11.6 Å². The molecule has 0 bridgehead atoms. The summed E-state index contributed by atoms with van der Waals surface area (Å²) in [6, 6.07) is 21.7. The lowest BCUT2D eigenvalue weighted by Crippen LogP contribution is -2.39. The number of benzene rings is 3. The molecule has 6 nitrogen and oxygen atoms in total. The first-order valence-corrected chi connectivity index (χ1v) is 11.3. The van der Waals surface area contributed by atoms with Crippen molar-refractivity contribution in [3.63, 3.8) is 0 Å². The van der Waals surface area contributed by atoms with Gasteiger partial charge in [0.2, 0.25) is 5.91 Å². The van der Waals surface area contributed by atoms with Gasteiger partial charge < -0.3 is 5.32 Å². The molecule has 1 fully saturated rings. The number of hydrogen-bond acceptors (Lipinski definition) is 3. The molecule has 3 aromatic carbocycles. The number of aromatic nitrogens is 2. The van der Waals surface area contributed by atoms with Crippen molar-refractivity contribution in [1.82, 2.24) is 14.5 Å². The van der Waals surface area contributed by atoms with Gasteiger partial charge in [0.1, 0.15) is 0 Å². The fourth-order valence-corrected chi connectivity index (χ4v) is 4.15. The van der Waals surface area contributed by atoms with Gasteiger partial charge in [0.05, 0.1) is 29.6 Å². The number of rotatable bonds is 6. The van der Waals surface area contributed by atoms with E-state index in [0.717, 1.165) is 24.0 Å². The highest BCUT2D eigenvalue weighted by Crippen LogP contribution is 2.20. The van der Waals surface area contributed by atoms with E-state index in [1.54, 1.807) is 59.2 Å². The summed E-state index contributed by atoms with van der Waals surface area (Å²) in [6.07, 6.45) is 2.34. The van der Waals surface area contributed by atoms with Crippen LogP contribution in [0.15, 0.2) is 82.4 Å². The lowest BCUT2D eigenvalue weighted by Gasteiger charge is -2.15. The first-order chi connectivity index (χ1) is 16.0. The van der Waals surface area contributed by atoms with Gasteiger partial charge >= 0.3 is 5.69 Å². The van der Waals surface area contributed by atoms with Gasteiger partial charge in [-0.2, -0.15) is 0 Å². The Morgan fingerprint density at radius 3 is 2.36 bits per heavy atom. The average Bonchev–Trinajstić information content (AvgIpc) is 3.63. The molecule has 33 heavy (non-hydrogen) atoms. The van der Waals surface area contributed by atoms with Crippen molar-refractivity contribution in [2.24, 2.45) is 0 Å². The van der Waals surface area contributed by atoms with Crippen molar-refractivity contribution in [2.45, 2.75) is 31.8 Å². The van der Waals surface area contributed by atoms with E-state index in [0.29, 0.717) is 27.7 Å².